The van der Waals surface area contributed by atoms with Crippen LogP contribution in [0.5, 0.6) is 0 Å². The summed E-state index contributed by atoms with van der Waals surface area (Å²) >= 11 is 0. The normalized spacial score (nSPS) is 10.6. The summed E-state index contributed by atoms with van der Waals surface area (Å²) < 4.78 is 0. The van der Waals surface area contributed by atoms with Crippen LogP contribution >= 0.6 is 0 Å². The molecule has 4 nitrogen and oxygen atoms in total. The average Bonchev–Trinajstić information content (AvgIpc) is 2.62. The maximum atomic E-state index is 11.9. The van der Waals surface area contributed by atoms with Gasteiger partial charge >= 0.3 is 0 Å². The molecule has 1 aromatic heterocycles. The number of amides is 1. The standard InChI is InChI=1S/C19H15N3O/c23-18(12-11-15-7-3-1-4-8-15)22-19-20-13-17(14-21-19)16-9-5-2-6-10-16/h1-14H,(H,20,21,22,23). The van der Waals surface area contributed by atoms with Gasteiger partial charge in [0, 0.05) is 24.0 Å². The number of carbonyl (C=O) groups excluding carboxylic acids is 1. The van der Waals surface area contributed by atoms with Crippen LogP contribution < -0.4 is 5.32 Å². The van der Waals surface area contributed by atoms with Crippen LogP contribution in [0.3, 0.4) is 0 Å². The van der Waals surface area contributed by atoms with Crippen LogP contribution in [0.4, 0.5) is 5.95 Å². The van der Waals surface area contributed by atoms with E-state index in [1.54, 1.807) is 18.5 Å². The second-order valence-electron chi connectivity index (χ2n) is 4.89. The largest absolute Gasteiger partial charge is 0.291 e. The lowest BCUT2D eigenvalue weighted by Crippen LogP contribution is -2.10. The fourth-order valence-electron chi connectivity index (χ4n) is 2.06. The number of anilines is 1. The lowest BCUT2D eigenvalue weighted by atomic mass is 10.1. The first-order chi connectivity index (χ1) is 11.3. The van der Waals surface area contributed by atoms with Gasteiger partial charge in [-0.1, -0.05) is 60.7 Å². The minimum absolute atomic E-state index is 0.263. The van der Waals surface area contributed by atoms with Crippen molar-refractivity contribution >= 4 is 17.9 Å². The number of nitrogens with one attached hydrogen (secondary N) is 1. The number of nitrogens with zero attached hydrogens (tertiary/aromatic N) is 2. The first-order valence-electron chi connectivity index (χ1n) is 7.23. The van der Waals surface area contributed by atoms with Crippen LogP contribution in [0.2, 0.25) is 0 Å². The zero-order valence-electron chi connectivity index (χ0n) is 12.4. The van der Waals surface area contributed by atoms with Crippen LogP contribution in [0.25, 0.3) is 17.2 Å². The summed E-state index contributed by atoms with van der Waals surface area (Å²) in [5.41, 5.74) is 2.90. The molecule has 3 aromatic rings. The Labute approximate surface area is 134 Å². The monoisotopic (exact) mass is 301 g/mol. The predicted octanol–water partition coefficient (Wildman–Crippen LogP) is 3.80. The van der Waals surface area contributed by atoms with Gasteiger partial charge in [0.2, 0.25) is 5.95 Å². The molecule has 1 heterocycles. The Bertz CT molecular complexity index is 797. The molecule has 0 aliphatic heterocycles. The Hall–Kier alpha value is -3.27. The van der Waals surface area contributed by atoms with Gasteiger partial charge in [-0.25, -0.2) is 9.97 Å². The van der Waals surface area contributed by atoms with Crippen molar-refractivity contribution in [1.29, 1.82) is 0 Å². The summed E-state index contributed by atoms with van der Waals surface area (Å²) in [5.74, 6) is 0.0220. The lowest BCUT2D eigenvalue weighted by Gasteiger charge is -2.03. The van der Waals surface area contributed by atoms with Crippen molar-refractivity contribution in [3.8, 4) is 11.1 Å². The van der Waals surface area contributed by atoms with Gasteiger partial charge in [0.15, 0.2) is 0 Å². The van der Waals surface area contributed by atoms with Crippen molar-refractivity contribution < 1.29 is 4.79 Å². The third-order valence-electron chi connectivity index (χ3n) is 3.22. The summed E-state index contributed by atoms with van der Waals surface area (Å²) in [4.78, 5) is 20.2. The number of rotatable bonds is 4. The van der Waals surface area contributed by atoms with Gasteiger partial charge in [0.25, 0.3) is 5.91 Å². The van der Waals surface area contributed by atoms with E-state index in [1.165, 1.54) is 6.08 Å². The Morgan fingerprint density at radius 2 is 1.43 bits per heavy atom. The van der Waals surface area contributed by atoms with E-state index in [2.05, 4.69) is 15.3 Å². The fraction of sp³-hybridized carbons (Fsp3) is 0. The van der Waals surface area contributed by atoms with Gasteiger partial charge in [-0.3, -0.25) is 10.1 Å². The predicted molar refractivity (Wildman–Crippen MR) is 91.6 cm³/mol. The number of aromatic nitrogens is 2. The minimum Gasteiger partial charge on any atom is -0.291 e. The second kappa shape index (κ2) is 7.13. The lowest BCUT2D eigenvalue weighted by molar-refractivity contribution is -0.111. The molecule has 0 saturated carbocycles. The van der Waals surface area contributed by atoms with E-state index in [9.17, 15) is 4.79 Å². The molecule has 0 bridgehead atoms. The third-order valence-corrected chi connectivity index (χ3v) is 3.22. The zero-order valence-corrected chi connectivity index (χ0v) is 12.4. The highest BCUT2D eigenvalue weighted by atomic mass is 16.1. The van der Waals surface area contributed by atoms with Crippen LogP contribution in [-0.2, 0) is 4.79 Å². The molecule has 1 N–H and O–H groups in total. The number of hydrogen-bond acceptors (Lipinski definition) is 3. The van der Waals surface area contributed by atoms with Crippen molar-refractivity contribution in [1.82, 2.24) is 9.97 Å². The van der Waals surface area contributed by atoms with E-state index in [1.807, 2.05) is 60.7 Å². The quantitative estimate of drug-likeness (QED) is 0.746. The van der Waals surface area contributed by atoms with Gasteiger partial charge in [0.05, 0.1) is 0 Å². The van der Waals surface area contributed by atoms with Crippen LogP contribution in [-0.4, -0.2) is 15.9 Å². The molecule has 0 atom stereocenters. The molecule has 0 aliphatic rings. The van der Waals surface area contributed by atoms with E-state index in [0.29, 0.717) is 0 Å². The van der Waals surface area contributed by atoms with Crippen molar-refractivity contribution in [3.05, 3.63) is 84.7 Å². The summed E-state index contributed by atoms with van der Waals surface area (Å²) in [5, 5.41) is 2.64. The molecular formula is C19H15N3O. The molecule has 0 spiro atoms. The summed E-state index contributed by atoms with van der Waals surface area (Å²) in [7, 11) is 0. The summed E-state index contributed by atoms with van der Waals surface area (Å²) in [6.45, 7) is 0. The summed E-state index contributed by atoms with van der Waals surface area (Å²) in [6.07, 6.45) is 6.59. The van der Waals surface area contributed by atoms with E-state index in [4.69, 9.17) is 0 Å². The van der Waals surface area contributed by atoms with Gasteiger partial charge in [-0.15, -0.1) is 0 Å². The minimum atomic E-state index is -0.263. The number of benzene rings is 2. The molecule has 0 aliphatic carbocycles. The van der Waals surface area contributed by atoms with Crippen LogP contribution in [0, 0.1) is 0 Å². The van der Waals surface area contributed by atoms with Gasteiger partial charge < -0.3 is 0 Å². The molecule has 4 heteroatoms. The zero-order chi connectivity index (χ0) is 15.9. The first-order valence-corrected chi connectivity index (χ1v) is 7.23. The molecular weight excluding hydrogens is 286 g/mol. The van der Waals surface area contributed by atoms with E-state index in [-0.39, 0.29) is 11.9 Å². The topological polar surface area (TPSA) is 54.9 Å². The van der Waals surface area contributed by atoms with Crippen molar-refractivity contribution in [2.75, 3.05) is 5.32 Å². The molecule has 0 saturated heterocycles. The first kappa shape index (κ1) is 14.7. The van der Waals surface area contributed by atoms with E-state index in [0.717, 1.165) is 16.7 Å². The number of carbonyl (C=O) groups is 1. The van der Waals surface area contributed by atoms with Gasteiger partial charge in [-0.05, 0) is 17.2 Å². The van der Waals surface area contributed by atoms with E-state index < -0.39 is 0 Å². The fourth-order valence-corrected chi connectivity index (χ4v) is 2.06. The van der Waals surface area contributed by atoms with Crippen molar-refractivity contribution in [2.24, 2.45) is 0 Å². The van der Waals surface area contributed by atoms with Gasteiger partial charge in [-0.2, -0.15) is 0 Å². The Balaban J connectivity index is 1.64. The average molecular weight is 301 g/mol. The smallest absolute Gasteiger partial charge is 0.250 e. The highest BCUT2D eigenvalue weighted by Gasteiger charge is 2.02. The molecule has 0 fully saturated rings. The Morgan fingerprint density at radius 1 is 0.826 bits per heavy atom. The third kappa shape index (κ3) is 4.11. The second-order valence-corrected chi connectivity index (χ2v) is 4.89. The molecule has 23 heavy (non-hydrogen) atoms. The maximum absolute atomic E-state index is 11.9. The highest BCUT2D eigenvalue weighted by Crippen LogP contribution is 2.17. The Morgan fingerprint density at radius 3 is 2.09 bits per heavy atom. The molecule has 2 aromatic carbocycles. The highest BCUT2D eigenvalue weighted by molar-refractivity contribution is 6.00. The molecule has 0 unspecified atom stereocenters. The Kier molecular flexibility index (Phi) is 4.55. The molecule has 3 rings (SSSR count). The molecule has 0 radical (unpaired) electrons. The maximum Gasteiger partial charge on any atom is 0.250 e. The molecule has 1 amide bonds. The van der Waals surface area contributed by atoms with Crippen LogP contribution in [0.15, 0.2) is 79.1 Å². The van der Waals surface area contributed by atoms with Gasteiger partial charge in [0.1, 0.15) is 0 Å². The molecule has 112 valence electrons. The summed E-state index contributed by atoms with van der Waals surface area (Å²) in [6, 6.07) is 19.5. The number of hydrogen-bond donors (Lipinski definition) is 1. The van der Waals surface area contributed by atoms with Crippen molar-refractivity contribution in [3.63, 3.8) is 0 Å². The van der Waals surface area contributed by atoms with E-state index >= 15 is 0 Å². The van der Waals surface area contributed by atoms with Crippen molar-refractivity contribution in [2.45, 2.75) is 0 Å². The SMILES string of the molecule is O=C(C=Cc1ccccc1)Nc1ncc(-c2ccccc2)cn1. The van der Waals surface area contributed by atoms with Crippen LogP contribution in [0.1, 0.15) is 5.56 Å².